The molecule has 9 heteroatoms. The summed E-state index contributed by atoms with van der Waals surface area (Å²) in [7, 11) is 0. The number of amides is 1. The Morgan fingerprint density at radius 2 is 1.80 bits per heavy atom. The Kier molecular flexibility index (Phi) is 6.21. The zero-order valence-electron chi connectivity index (χ0n) is 15.7. The van der Waals surface area contributed by atoms with E-state index in [2.05, 4.69) is 10.3 Å². The van der Waals surface area contributed by atoms with Crippen LogP contribution in [-0.2, 0) is 11.0 Å². The number of aliphatic carboxylic acids is 1. The van der Waals surface area contributed by atoms with Gasteiger partial charge in [0.05, 0.1) is 18.0 Å². The van der Waals surface area contributed by atoms with Crippen molar-refractivity contribution in [2.24, 2.45) is 0 Å². The maximum atomic E-state index is 12.7. The fourth-order valence-corrected chi connectivity index (χ4v) is 3.74. The molecule has 0 aliphatic heterocycles. The average molecular weight is 434 g/mol. The van der Waals surface area contributed by atoms with Gasteiger partial charge in [0.2, 0.25) is 0 Å². The minimum Gasteiger partial charge on any atom is -0.481 e. The quantitative estimate of drug-likeness (QED) is 0.567. The van der Waals surface area contributed by atoms with E-state index in [4.69, 9.17) is 0 Å². The monoisotopic (exact) mass is 434 g/mol. The third-order valence-electron chi connectivity index (χ3n) is 4.44. The van der Waals surface area contributed by atoms with Crippen molar-refractivity contribution in [1.82, 2.24) is 10.3 Å². The molecule has 1 unspecified atom stereocenters. The minimum atomic E-state index is -4.43. The number of nitrogens with one attached hydrogen (secondary N) is 1. The van der Waals surface area contributed by atoms with E-state index < -0.39 is 29.7 Å². The molecule has 3 aromatic rings. The second-order valence-corrected chi connectivity index (χ2v) is 7.45. The van der Waals surface area contributed by atoms with Crippen LogP contribution in [0.3, 0.4) is 0 Å². The Labute approximate surface area is 174 Å². The number of aromatic nitrogens is 1. The van der Waals surface area contributed by atoms with E-state index in [9.17, 15) is 27.9 Å². The smallest absolute Gasteiger partial charge is 0.416 e. The third kappa shape index (κ3) is 5.04. The molecule has 1 atom stereocenters. The highest BCUT2D eigenvalue weighted by Gasteiger charge is 2.30. The van der Waals surface area contributed by atoms with Crippen LogP contribution in [0.25, 0.3) is 10.6 Å². The lowest BCUT2D eigenvalue weighted by Gasteiger charge is -2.18. The Bertz CT molecular complexity index is 1060. The average Bonchev–Trinajstić information content (AvgIpc) is 3.17. The summed E-state index contributed by atoms with van der Waals surface area (Å²) in [4.78, 5) is 28.1. The van der Waals surface area contributed by atoms with Gasteiger partial charge in [0, 0.05) is 10.9 Å². The van der Waals surface area contributed by atoms with Gasteiger partial charge in [-0.3, -0.25) is 9.59 Å². The van der Waals surface area contributed by atoms with E-state index >= 15 is 0 Å². The number of alkyl halides is 3. The number of carbonyl (C=O) groups excluding carboxylic acids is 1. The number of rotatable bonds is 6. The Morgan fingerprint density at radius 3 is 2.40 bits per heavy atom. The molecule has 1 amide bonds. The molecule has 30 heavy (non-hydrogen) atoms. The lowest BCUT2D eigenvalue weighted by Crippen LogP contribution is -2.30. The first-order valence-electron chi connectivity index (χ1n) is 8.86. The topological polar surface area (TPSA) is 79.3 Å². The molecule has 0 bridgehead atoms. The summed E-state index contributed by atoms with van der Waals surface area (Å²) in [6.45, 7) is 1.82. The molecule has 156 valence electrons. The van der Waals surface area contributed by atoms with Gasteiger partial charge < -0.3 is 10.4 Å². The molecular formula is C21H17F3N2O3S. The molecule has 1 aromatic heterocycles. The lowest BCUT2D eigenvalue weighted by atomic mass is 9.98. The van der Waals surface area contributed by atoms with Gasteiger partial charge in [-0.2, -0.15) is 13.2 Å². The first-order chi connectivity index (χ1) is 14.1. The van der Waals surface area contributed by atoms with Crippen molar-refractivity contribution in [2.75, 3.05) is 0 Å². The summed E-state index contributed by atoms with van der Waals surface area (Å²) in [5, 5.41) is 13.8. The Balaban J connectivity index is 1.79. The zero-order valence-corrected chi connectivity index (χ0v) is 16.6. The molecule has 0 spiro atoms. The fourth-order valence-electron chi connectivity index (χ4n) is 2.94. The van der Waals surface area contributed by atoms with Crippen molar-refractivity contribution in [3.05, 3.63) is 76.3 Å². The summed E-state index contributed by atoms with van der Waals surface area (Å²) >= 11 is 1.11. The van der Waals surface area contributed by atoms with Gasteiger partial charge in [-0.15, -0.1) is 11.3 Å². The molecule has 5 nitrogen and oxygen atoms in total. The van der Waals surface area contributed by atoms with Crippen molar-refractivity contribution in [3.63, 3.8) is 0 Å². The number of carboxylic acid groups (broad SMARTS) is 1. The zero-order chi connectivity index (χ0) is 21.9. The van der Waals surface area contributed by atoms with Crippen molar-refractivity contribution < 1.29 is 27.9 Å². The largest absolute Gasteiger partial charge is 0.481 e. The molecule has 2 aromatic carbocycles. The van der Waals surface area contributed by atoms with E-state index in [1.165, 1.54) is 17.5 Å². The van der Waals surface area contributed by atoms with Crippen molar-refractivity contribution in [1.29, 1.82) is 0 Å². The Hall–Kier alpha value is -3.20. The number of benzene rings is 2. The second-order valence-electron chi connectivity index (χ2n) is 6.59. The number of hydrogen-bond acceptors (Lipinski definition) is 4. The molecule has 0 aliphatic rings. The molecule has 2 N–H and O–H groups in total. The van der Waals surface area contributed by atoms with E-state index in [1.54, 1.807) is 12.1 Å². The van der Waals surface area contributed by atoms with E-state index in [0.717, 1.165) is 29.0 Å². The summed E-state index contributed by atoms with van der Waals surface area (Å²) in [6, 6.07) is 10.9. The maximum absolute atomic E-state index is 12.7. The molecular weight excluding hydrogens is 417 g/mol. The molecule has 0 aliphatic carbocycles. The molecule has 0 fully saturated rings. The van der Waals surface area contributed by atoms with Crippen LogP contribution in [0.1, 0.15) is 39.6 Å². The van der Waals surface area contributed by atoms with E-state index in [-0.39, 0.29) is 12.1 Å². The van der Waals surface area contributed by atoms with Crippen LogP contribution < -0.4 is 5.32 Å². The van der Waals surface area contributed by atoms with Crippen LogP contribution in [0.15, 0.2) is 53.9 Å². The van der Waals surface area contributed by atoms with Crippen LogP contribution in [0.2, 0.25) is 0 Å². The second kappa shape index (κ2) is 8.66. The SMILES string of the molecule is Cc1ccccc1C(CC(=O)O)NC(=O)c1csc(-c2ccc(C(F)(F)F)cc2)n1. The number of carboxylic acids is 1. The van der Waals surface area contributed by atoms with Crippen LogP contribution in [0.5, 0.6) is 0 Å². The van der Waals surface area contributed by atoms with Gasteiger partial charge >= 0.3 is 12.1 Å². The highest BCUT2D eigenvalue weighted by molar-refractivity contribution is 7.13. The van der Waals surface area contributed by atoms with Gasteiger partial charge in [-0.05, 0) is 30.2 Å². The first-order valence-corrected chi connectivity index (χ1v) is 9.74. The summed E-state index contributed by atoms with van der Waals surface area (Å²) in [5.41, 5.74) is 1.28. The van der Waals surface area contributed by atoms with Crippen molar-refractivity contribution in [3.8, 4) is 10.6 Å². The predicted octanol–water partition coefficient (Wildman–Crippen LogP) is 5.08. The lowest BCUT2D eigenvalue weighted by molar-refractivity contribution is -0.138. The standard InChI is InChI=1S/C21H17F3N2O3S/c1-12-4-2-3-5-15(12)16(10-18(27)28)25-19(29)17-11-30-20(26-17)13-6-8-14(9-7-13)21(22,23)24/h2-9,11,16H,10H2,1H3,(H,25,29)(H,27,28). The molecule has 3 rings (SSSR count). The van der Waals surface area contributed by atoms with Gasteiger partial charge in [0.25, 0.3) is 5.91 Å². The Morgan fingerprint density at radius 1 is 1.13 bits per heavy atom. The number of aryl methyl sites for hydroxylation is 1. The van der Waals surface area contributed by atoms with Gasteiger partial charge in [-0.1, -0.05) is 36.4 Å². The minimum absolute atomic E-state index is 0.0684. The highest BCUT2D eigenvalue weighted by Crippen LogP contribution is 2.32. The molecule has 0 radical (unpaired) electrons. The summed E-state index contributed by atoms with van der Waals surface area (Å²) in [5.74, 6) is -1.62. The third-order valence-corrected chi connectivity index (χ3v) is 5.34. The highest BCUT2D eigenvalue weighted by atomic mass is 32.1. The molecule has 0 saturated heterocycles. The number of carbonyl (C=O) groups is 2. The van der Waals surface area contributed by atoms with Crippen LogP contribution in [0.4, 0.5) is 13.2 Å². The normalized spacial score (nSPS) is 12.4. The van der Waals surface area contributed by atoms with E-state index in [0.29, 0.717) is 16.1 Å². The van der Waals surface area contributed by atoms with Crippen LogP contribution in [-0.4, -0.2) is 22.0 Å². The summed E-state index contributed by atoms with van der Waals surface area (Å²) < 4.78 is 38.1. The number of halogens is 3. The maximum Gasteiger partial charge on any atom is 0.416 e. The van der Waals surface area contributed by atoms with Crippen molar-refractivity contribution in [2.45, 2.75) is 25.6 Å². The number of hydrogen-bond donors (Lipinski definition) is 2. The van der Waals surface area contributed by atoms with Gasteiger partial charge in [-0.25, -0.2) is 4.98 Å². The van der Waals surface area contributed by atoms with Crippen LogP contribution in [0, 0.1) is 6.92 Å². The van der Waals surface area contributed by atoms with Gasteiger partial charge in [0.15, 0.2) is 0 Å². The van der Waals surface area contributed by atoms with Crippen LogP contribution >= 0.6 is 11.3 Å². The van der Waals surface area contributed by atoms with E-state index in [1.807, 2.05) is 19.1 Å². The number of nitrogens with zero attached hydrogens (tertiary/aromatic N) is 1. The first kappa shape index (κ1) is 21.5. The van der Waals surface area contributed by atoms with Crippen molar-refractivity contribution >= 4 is 23.2 Å². The molecule has 1 heterocycles. The summed E-state index contributed by atoms with van der Waals surface area (Å²) in [6.07, 6.45) is -4.73. The fraction of sp³-hybridized carbons (Fsp3) is 0.190. The number of thiazole rings is 1. The van der Waals surface area contributed by atoms with Gasteiger partial charge in [0.1, 0.15) is 10.7 Å². The predicted molar refractivity (Wildman–Crippen MR) is 106 cm³/mol. The molecule has 0 saturated carbocycles.